The van der Waals surface area contributed by atoms with E-state index in [1.807, 2.05) is 18.2 Å². The number of nitrogen functional groups attached to an aromatic ring is 1. The second-order valence-electron chi connectivity index (χ2n) is 4.14. The van der Waals surface area contributed by atoms with E-state index in [0.717, 1.165) is 11.4 Å². The van der Waals surface area contributed by atoms with Gasteiger partial charge in [-0.25, -0.2) is 0 Å². The SMILES string of the molecule is COc1cc(Nc2ccc3c(c2)OCCO3)nc(N)n1. The Morgan fingerprint density at radius 2 is 1.95 bits per heavy atom. The average molecular weight is 274 g/mol. The lowest BCUT2D eigenvalue weighted by Gasteiger charge is -2.19. The number of nitrogens with one attached hydrogen (secondary N) is 1. The molecule has 3 N–H and O–H groups in total. The molecule has 2 heterocycles. The summed E-state index contributed by atoms with van der Waals surface area (Å²) in [6.07, 6.45) is 0. The molecule has 20 heavy (non-hydrogen) atoms. The van der Waals surface area contributed by atoms with Crippen LogP contribution in [0.4, 0.5) is 17.5 Å². The molecule has 1 aromatic carbocycles. The summed E-state index contributed by atoms with van der Waals surface area (Å²) in [6, 6.07) is 7.23. The van der Waals surface area contributed by atoms with Crippen LogP contribution in [0.5, 0.6) is 17.4 Å². The van der Waals surface area contributed by atoms with Crippen LogP contribution >= 0.6 is 0 Å². The number of anilines is 3. The smallest absolute Gasteiger partial charge is 0.225 e. The van der Waals surface area contributed by atoms with E-state index in [1.165, 1.54) is 7.11 Å². The highest BCUT2D eigenvalue weighted by Crippen LogP contribution is 2.33. The Morgan fingerprint density at radius 3 is 2.75 bits per heavy atom. The van der Waals surface area contributed by atoms with E-state index >= 15 is 0 Å². The zero-order chi connectivity index (χ0) is 13.9. The number of ether oxygens (including phenoxy) is 3. The lowest BCUT2D eigenvalue weighted by Crippen LogP contribution is -2.15. The van der Waals surface area contributed by atoms with Crippen LogP contribution in [0, 0.1) is 0 Å². The highest BCUT2D eigenvalue weighted by atomic mass is 16.6. The van der Waals surface area contributed by atoms with Crippen molar-refractivity contribution in [2.45, 2.75) is 0 Å². The van der Waals surface area contributed by atoms with Gasteiger partial charge in [-0.1, -0.05) is 0 Å². The van der Waals surface area contributed by atoms with Crippen LogP contribution in [0.3, 0.4) is 0 Å². The van der Waals surface area contributed by atoms with Gasteiger partial charge in [0.2, 0.25) is 11.8 Å². The van der Waals surface area contributed by atoms with Crippen molar-refractivity contribution in [3.8, 4) is 17.4 Å². The average Bonchev–Trinajstić information content (AvgIpc) is 2.46. The summed E-state index contributed by atoms with van der Waals surface area (Å²) in [5.41, 5.74) is 6.43. The minimum absolute atomic E-state index is 0.143. The van der Waals surface area contributed by atoms with Gasteiger partial charge in [-0.3, -0.25) is 0 Å². The van der Waals surface area contributed by atoms with Crippen LogP contribution in [0.2, 0.25) is 0 Å². The van der Waals surface area contributed by atoms with Crippen molar-refractivity contribution >= 4 is 17.5 Å². The first-order chi connectivity index (χ1) is 9.74. The molecule has 0 radical (unpaired) electrons. The van der Waals surface area contributed by atoms with Crippen molar-refractivity contribution in [3.05, 3.63) is 24.3 Å². The van der Waals surface area contributed by atoms with Crippen LogP contribution in [-0.2, 0) is 0 Å². The Balaban J connectivity index is 1.85. The molecule has 0 fully saturated rings. The maximum atomic E-state index is 5.61. The predicted octanol–water partition coefficient (Wildman–Crippen LogP) is 1.58. The summed E-state index contributed by atoms with van der Waals surface area (Å²) >= 11 is 0. The van der Waals surface area contributed by atoms with E-state index in [4.69, 9.17) is 19.9 Å². The summed E-state index contributed by atoms with van der Waals surface area (Å²) in [6.45, 7) is 1.12. The number of methoxy groups -OCH3 is 1. The van der Waals surface area contributed by atoms with Crippen LogP contribution in [0.1, 0.15) is 0 Å². The fourth-order valence-electron chi connectivity index (χ4n) is 1.88. The molecule has 3 rings (SSSR count). The predicted molar refractivity (Wildman–Crippen MR) is 73.7 cm³/mol. The number of rotatable bonds is 3. The first kappa shape index (κ1) is 12.3. The fraction of sp³-hybridized carbons (Fsp3) is 0.231. The Morgan fingerprint density at radius 1 is 1.15 bits per heavy atom. The largest absolute Gasteiger partial charge is 0.486 e. The molecule has 0 bridgehead atoms. The zero-order valence-corrected chi connectivity index (χ0v) is 10.9. The van der Waals surface area contributed by atoms with Gasteiger partial charge < -0.3 is 25.3 Å². The van der Waals surface area contributed by atoms with E-state index in [2.05, 4.69) is 15.3 Å². The highest BCUT2D eigenvalue weighted by Gasteiger charge is 2.12. The quantitative estimate of drug-likeness (QED) is 0.877. The Labute approximate surface area is 115 Å². The van der Waals surface area contributed by atoms with Gasteiger partial charge in [-0.05, 0) is 12.1 Å². The Hall–Kier alpha value is -2.70. The lowest BCUT2D eigenvalue weighted by molar-refractivity contribution is 0.171. The van der Waals surface area contributed by atoms with Crippen molar-refractivity contribution in [1.82, 2.24) is 9.97 Å². The number of fused-ring (bicyclic) bond motifs is 1. The maximum Gasteiger partial charge on any atom is 0.225 e. The van der Waals surface area contributed by atoms with Gasteiger partial charge >= 0.3 is 0 Å². The van der Waals surface area contributed by atoms with Gasteiger partial charge in [0.25, 0.3) is 0 Å². The van der Waals surface area contributed by atoms with Crippen LogP contribution in [0.15, 0.2) is 24.3 Å². The van der Waals surface area contributed by atoms with E-state index in [9.17, 15) is 0 Å². The van der Waals surface area contributed by atoms with Crippen LogP contribution < -0.4 is 25.3 Å². The third kappa shape index (κ3) is 2.51. The number of benzene rings is 1. The topological polar surface area (TPSA) is 91.5 Å². The number of nitrogens with zero attached hydrogens (tertiary/aromatic N) is 2. The molecule has 0 atom stereocenters. The molecule has 0 spiro atoms. The van der Waals surface area contributed by atoms with E-state index in [-0.39, 0.29) is 5.95 Å². The van der Waals surface area contributed by atoms with Crippen molar-refractivity contribution in [3.63, 3.8) is 0 Å². The second-order valence-corrected chi connectivity index (χ2v) is 4.14. The van der Waals surface area contributed by atoms with E-state index in [1.54, 1.807) is 6.07 Å². The molecule has 0 amide bonds. The minimum Gasteiger partial charge on any atom is -0.486 e. The number of hydrogen-bond acceptors (Lipinski definition) is 7. The molecule has 1 aromatic heterocycles. The fourth-order valence-corrected chi connectivity index (χ4v) is 1.88. The summed E-state index contributed by atoms with van der Waals surface area (Å²) in [7, 11) is 1.52. The lowest BCUT2D eigenvalue weighted by atomic mass is 10.2. The zero-order valence-electron chi connectivity index (χ0n) is 10.9. The molecule has 7 nitrogen and oxygen atoms in total. The van der Waals surface area contributed by atoms with Gasteiger partial charge in [0.05, 0.1) is 7.11 Å². The summed E-state index contributed by atoms with van der Waals surface area (Å²) in [5, 5.41) is 3.12. The molecule has 0 aliphatic carbocycles. The molecular formula is C13H14N4O3. The van der Waals surface area contributed by atoms with Gasteiger partial charge in [0, 0.05) is 17.8 Å². The van der Waals surface area contributed by atoms with Gasteiger partial charge in [0.1, 0.15) is 19.0 Å². The Kier molecular flexibility index (Phi) is 3.16. The summed E-state index contributed by atoms with van der Waals surface area (Å²) < 4.78 is 16.0. The van der Waals surface area contributed by atoms with E-state index in [0.29, 0.717) is 30.7 Å². The Bertz CT molecular complexity index is 633. The molecule has 1 aliphatic rings. The maximum absolute atomic E-state index is 5.61. The molecule has 0 saturated carbocycles. The van der Waals surface area contributed by atoms with Crippen molar-refractivity contribution in [2.75, 3.05) is 31.4 Å². The van der Waals surface area contributed by atoms with Crippen molar-refractivity contribution in [1.29, 1.82) is 0 Å². The van der Waals surface area contributed by atoms with E-state index < -0.39 is 0 Å². The molecule has 104 valence electrons. The molecule has 0 saturated heterocycles. The third-order valence-corrected chi connectivity index (χ3v) is 2.74. The number of aromatic nitrogens is 2. The molecule has 0 unspecified atom stereocenters. The second kappa shape index (κ2) is 5.12. The third-order valence-electron chi connectivity index (χ3n) is 2.74. The summed E-state index contributed by atoms with van der Waals surface area (Å²) in [5.74, 6) is 2.53. The molecule has 2 aromatic rings. The standard InChI is InChI=1S/C13H14N4O3/c1-18-12-7-11(16-13(14)17-12)15-8-2-3-9-10(6-8)20-5-4-19-9/h2-3,6-7H,4-5H2,1H3,(H3,14,15,16,17). The molecular weight excluding hydrogens is 260 g/mol. The molecule has 1 aliphatic heterocycles. The first-order valence-electron chi connectivity index (χ1n) is 6.10. The summed E-state index contributed by atoms with van der Waals surface area (Å²) in [4.78, 5) is 8.02. The van der Waals surface area contributed by atoms with Gasteiger partial charge in [-0.2, -0.15) is 9.97 Å². The minimum atomic E-state index is 0.143. The normalized spacial score (nSPS) is 12.8. The van der Waals surface area contributed by atoms with Crippen molar-refractivity contribution < 1.29 is 14.2 Å². The van der Waals surface area contributed by atoms with Crippen LogP contribution in [-0.4, -0.2) is 30.3 Å². The first-order valence-corrected chi connectivity index (χ1v) is 6.10. The number of nitrogens with two attached hydrogens (primary N) is 1. The number of hydrogen-bond donors (Lipinski definition) is 2. The van der Waals surface area contributed by atoms with Crippen LogP contribution in [0.25, 0.3) is 0 Å². The van der Waals surface area contributed by atoms with Gasteiger partial charge in [0.15, 0.2) is 11.5 Å². The highest BCUT2D eigenvalue weighted by molar-refractivity contribution is 5.62. The molecule has 7 heteroatoms. The van der Waals surface area contributed by atoms with Crippen molar-refractivity contribution in [2.24, 2.45) is 0 Å². The van der Waals surface area contributed by atoms with Gasteiger partial charge in [-0.15, -0.1) is 0 Å². The monoisotopic (exact) mass is 274 g/mol.